The van der Waals surface area contributed by atoms with Crippen LogP contribution in [0.3, 0.4) is 0 Å². The molecule has 0 bridgehead atoms. The number of hydrogen-bond donors (Lipinski definition) is 1. The number of anilines is 1. The number of nitrogens with one attached hydrogen (secondary N) is 1. The number of esters is 1. The van der Waals surface area contributed by atoms with E-state index < -0.39 is 5.97 Å². The fourth-order valence-corrected chi connectivity index (χ4v) is 6.73. The maximum Gasteiger partial charge on any atom is 0.341 e. The molecule has 1 aromatic carbocycles. The van der Waals surface area contributed by atoms with Crippen molar-refractivity contribution in [3.63, 3.8) is 0 Å². The number of methoxy groups -OCH3 is 1. The molecule has 1 amide bonds. The normalized spacial score (nSPS) is 11.2. The molecule has 1 N–H and O–H groups in total. The number of rotatable bonds is 9. The molecule has 0 spiro atoms. The predicted molar refractivity (Wildman–Crippen MR) is 140 cm³/mol. The molecule has 0 fully saturated rings. The van der Waals surface area contributed by atoms with Crippen molar-refractivity contribution >= 4 is 61.4 Å². The maximum absolute atomic E-state index is 12.8. The Kier molecular flexibility index (Phi) is 7.70. The van der Waals surface area contributed by atoms with E-state index in [9.17, 15) is 9.59 Å². The van der Waals surface area contributed by atoms with Crippen LogP contribution in [0.5, 0.6) is 0 Å². The minimum Gasteiger partial charge on any atom is -0.465 e. The van der Waals surface area contributed by atoms with Crippen molar-refractivity contribution in [3.8, 4) is 11.4 Å². The number of aromatic nitrogens is 3. The van der Waals surface area contributed by atoms with Crippen LogP contribution in [0.2, 0.25) is 0 Å². The number of aryl methyl sites for hydroxylation is 1. The first-order chi connectivity index (χ1) is 16.5. The molecule has 0 aliphatic heterocycles. The molecule has 4 aromatic rings. The largest absolute Gasteiger partial charge is 0.465 e. The summed E-state index contributed by atoms with van der Waals surface area (Å²) in [5.41, 5.74) is 2.42. The third-order valence-corrected chi connectivity index (χ3v) is 8.42. The van der Waals surface area contributed by atoms with E-state index in [1.165, 1.54) is 34.9 Å². The number of fused-ring (bicyclic) bond motifs is 1. The second-order valence-corrected chi connectivity index (χ2v) is 10.7. The Labute approximate surface area is 210 Å². The second-order valence-electron chi connectivity index (χ2n) is 7.63. The van der Waals surface area contributed by atoms with Gasteiger partial charge in [0.2, 0.25) is 5.91 Å². The Hall–Kier alpha value is -2.69. The van der Waals surface area contributed by atoms with Crippen molar-refractivity contribution in [3.05, 3.63) is 45.6 Å². The molecule has 0 aliphatic carbocycles. The van der Waals surface area contributed by atoms with Crippen LogP contribution in [-0.4, -0.2) is 39.5 Å². The monoisotopic (exact) mass is 514 g/mol. The van der Waals surface area contributed by atoms with E-state index in [1.54, 1.807) is 11.3 Å². The van der Waals surface area contributed by atoms with E-state index in [0.717, 1.165) is 40.2 Å². The number of amides is 1. The average molecular weight is 515 g/mol. The van der Waals surface area contributed by atoms with Crippen LogP contribution in [-0.2, 0) is 22.5 Å². The zero-order chi connectivity index (χ0) is 24.2. The molecular weight excluding hydrogens is 488 g/mol. The molecule has 0 aliphatic rings. The van der Waals surface area contributed by atoms with Gasteiger partial charge in [-0.3, -0.25) is 4.79 Å². The highest BCUT2D eigenvalue weighted by molar-refractivity contribution is 7.99. The predicted octanol–water partition coefficient (Wildman–Crippen LogP) is 6.02. The molecule has 10 heteroatoms. The molecule has 0 atom stereocenters. The summed E-state index contributed by atoms with van der Waals surface area (Å²) in [5.74, 6) is 0.342. The number of thioether (sulfide) groups is 1. The van der Waals surface area contributed by atoms with Gasteiger partial charge in [-0.2, -0.15) is 0 Å². The van der Waals surface area contributed by atoms with E-state index in [1.807, 2.05) is 26.0 Å². The number of hydrogen-bond acceptors (Lipinski definition) is 8. The highest BCUT2D eigenvalue weighted by Gasteiger charge is 2.24. The fourth-order valence-electron chi connectivity index (χ4n) is 3.87. The molecular formula is C24H26N4O3S3. The molecule has 0 radical (unpaired) electrons. The number of thiophene rings is 2. The number of benzene rings is 1. The van der Waals surface area contributed by atoms with Gasteiger partial charge in [0.15, 0.2) is 11.0 Å². The highest BCUT2D eigenvalue weighted by Crippen LogP contribution is 2.36. The van der Waals surface area contributed by atoms with Gasteiger partial charge in [0, 0.05) is 32.5 Å². The number of carbonyl (C=O) groups excluding carboxylic acids is 2. The molecule has 0 saturated heterocycles. The number of carbonyl (C=O) groups is 2. The van der Waals surface area contributed by atoms with Crippen LogP contribution in [0, 0.1) is 6.92 Å². The highest BCUT2D eigenvalue weighted by atomic mass is 32.2. The summed E-state index contributed by atoms with van der Waals surface area (Å²) in [6, 6.07) is 8.25. The fraction of sp³-hybridized carbons (Fsp3) is 0.333. The Morgan fingerprint density at radius 3 is 2.74 bits per heavy atom. The van der Waals surface area contributed by atoms with Gasteiger partial charge in [-0.15, -0.1) is 32.9 Å². The first-order valence-corrected chi connectivity index (χ1v) is 13.7. The summed E-state index contributed by atoms with van der Waals surface area (Å²) in [5, 5.41) is 16.3. The van der Waals surface area contributed by atoms with Crippen molar-refractivity contribution in [1.29, 1.82) is 0 Å². The average Bonchev–Trinajstić information content (AvgIpc) is 3.52. The minimum absolute atomic E-state index is 0.158. The van der Waals surface area contributed by atoms with Crippen molar-refractivity contribution in [2.24, 2.45) is 0 Å². The molecule has 34 heavy (non-hydrogen) atoms. The molecule has 3 aromatic heterocycles. The first kappa shape index (κ1) is 24.4. The SMILES string of the molecule is CCCn1c(SCC(=O)Nc2sc(C)c(CC)c2C(=O)OC)nnc1-c1csc2ccccc12. The summed E-state index contributed by atoms with van der Waals surface area (Å²) >= 11 is 4.43. The van der Waals surface area contributed by atoms with Crippen LogP contribution in [0.25, 0.3) is 21.5 Å². The zero-order valence-electron chi connectivity index (χ0n) is 19.5. The molecule has 7 nitrogen and oxygen atoms in total. The third kappa shape index (κ3) is 4.75. The van der Waals surface area contributed by atoms with Crippen LogP contribution < -0.4 is 5.32 Å². The van der Waals surface area contributed by atoms with E-state index in [2.05, 4.69) is 44.5 Å². The van der Waals surface area contributed by atoms with E-state index >= 15 is 0 Å². The lowest BCUT2D eigenvalue weighted by atomic mass is 10.1. The minimum atomic E-state index is -0.431. The Bertz CT molecular complexity index is 1340. The van der Waals surface area contributed by atoms with E-state index in [-0.39, 0.29) is 11.7 Å². The standard InChI is InChI=1S/C24H26N4O3S3/c1-5-11-28-21(17-12-32-18-10-8-7-9-16(17)18)26-27-24(28)33-13-19(29)25-22-20(23(30)31-4)15(6-2)14(3)34-22/h7-10,12H,5-6,11,13H2,1-4H3,(H,25,29). The van der Waals surface area contributed by atoms with Gasteiger partial charge >= 0.3 is 5.97 Å². The molecule has 3 heterocycles. The van der Waals surface area contributed by atoms with Gasteiger partial charge < -0.3 is 14.6 Å². The van der Waals surface area contributed by atoms with Crippen LogP contribution in [0.15, 0.2) is 34.8 Å². The summed E-state index contributed by atoms with van der Waals surface area (Å²) in [6.07, 6.45) is 1.61. The van der Waals surface area contributed by atoms with E-state index in [0.29, 0.717) is 22.1 Å². The zero-order valence-corrected chi connectivity index (χ0v) is 22.0. The van der Waals surface area contributed by atoms with Crippen molar-refractivity contribution < 1.29 is 14.3 Å². The molecule has 178 valence electrons. The summed E-state index contributed by atoms with van der Waals surface area (Å²) in [4.78, 5) is 26.1. The van der Waals surface area contributed by atoms with Crippen LogP contribution >= 0.6 is 34.4 Å². The smallest absolute Gasteiger partial charge is 0.341 e. The van der Waals surface area contributed by atoms with Gasteiger partial charge in [0.05, 0.1) is 18.4 Å². The molecule has 4 rings (SSSR count). The summed E-state index contributed by atoms with van der Waals surface area (Å²) in [6.45, 7) is 6.80. The van der Waals surface area contributed by atoms with Crippen molar-refractivity contribution in [1.82, 2.24) is 14.8 Å². The maximum atomic E-state index is 12.8. The summed E-state index contributed by atoms with van der Waals surface area (Å²) in [7, 11) is 1.35. The van der Waals surface area contributed by atoms with Gasteiger partial charge in [0.25, 0.3) is 0 Å². The number of nitrogens with zero attached hydrogens (tertiary/aromatic N) is 3. The van der Waals surface area contributed by atoms with Gasteiger partial charge in [-0.25, -0.2) is 4.79 Å². The lowest BCUT2D eigenvalue weighted by Crippen LogP contribution is -2.16. The van der Waals surface area contributed by atoms with Gasteiger partial charge in [0.1, 0.15) is 5.00 Å². The summed E-state index contributed by atoms with van der Waals surface area (Å²) < 4.78 is 8.23. The van der Waals surface area contributed by atoms with Crippen LogP contribution in [0.4, 0.5) is 5.00 Å². The van der Waals surface area contributed by atoms with Gasteiger partial charge in [-0.05, 0) is 31.4 Å². The van der Waals surface area contributed by atoms with Crippen molar-refractivity contribution in [2.75, 3.05) is 18.2 Å². The van der Waals surface area contributed by atoms with Crippen LogP contribution in [0.1, 0.15) is 41.1 Å². The van der Waals surface area contributed by atoms with Gasteiger partial charge in [-0.1, -0.05) is 43.8 Å². The Morgan fingerprint density at radius 2 is 2.00 bits per heavy atom. The first-order valence-electron chi connectivity index (χ1n) is 11.0. The lowest BCUT2D eigenvalue weighted by Gasteiger charge is -2.09. The molecule has 0 saturated carbocycles. The van der Waals surface area contributed by atoms with E-state index in [4.69, 9.17) is 4.74 Å². The van der Waals surface area contributed by atoms with Crippen molar-refractivity contribution in [2.45, 2.75) is 45.3 Å². The third-order valence-electron chi connectivity index (χ3n) is 5.42. The number of ether oxygens (including phenoxy) is 1. The Balaban J connectivity index is 1.53. The second kappa shape index (κ2) is 10.7. The molecule has 0 unspecified atom stereocenters. The Morgan fingerprint density at radius 1 is 1.21 bits per heavy atom. The topological polar surface area (TPSA) is 86.1 Å². The lowest BCUT2D eigenvalue weighted by molar-refractivity contribution is -0.113. The quantitative estimate of drug-likeness (QED) is 0.217.